The number of carbonyl (C=O) groups excluding carboxylic acids is 7. The lowest BCUT2D eigenvalue weighted by Gasteiger charge is -2.41. The molecule has 0 saturated carbocycles. The lowest BCUT2D eigenvalue weighted by Crippen LogP contribution is -2.64. The number of piperidine rings is 1. The normalized spacial score (nSPS) is 28.8. The van der Waals surface area contributed by atoms with Crippen LogP contribution in [-0.2, 0) is 39.9 Å². The van der Waals surface area contributed by atoms with Gasteiger partial charge in [-0.25, -0.2) is 4.79 Å². The van der Waals surface area contributed by atoms with Gasteiger partial charge in [0, 0.05) is 43.2 Å². The molecule has 4 saturated heterocycles. The van der Waals surface area contributed by atoms with E-state index in [0.717, 1.165) is 11.1 Å². The maximum atomic E-state index is 14.8. The molecule has 5 N–H and O–H groups in total. The minimum absolute atomic E-state index is 0.0309. The van der Waals surface area contributed by atoms with Crippen molar-refractivity contribution in [1.29, 1.82) is 0 Å². The second-order valence-corrected chi connectivity index (χ2v) is 16.3. The largest absolute Gasteiger partial charge is 0.391 e. The number of hydrogen-bond acceptors (Lipinski definition) is 9. The van der Waals surface area contributed by atoms with Gasteiger partial charge in [-0.2, -0.15) is 0 Å². The topological polar surface area (TPSA) is 207 Å². The predicted octanol–water partition coefficient (Wildman–Crippen LogP) is 1.69. The second kappa shape index (κ2) is 18.2. The van der Waals surface area contributed by atoms with Crippen LogP contribution in [0.25, 0.3) is 0 Å². The van der Waals surface area contributed by atoms with Gasteiger partial charge in [-0.05, 0) is 82.7 Å². The molecule has 2 aromatic rings. The van der Waals surface area contributed by atoms with E-state index in [1.807, 2.05) is 25.1 Å². The Hall–Kier alpha value is -5.06. The average Bonchev–Trinajstić information content (AvgIpc) is 3.82. The van der Waals surface area contributed by atoms with E-state index >= 15 is 0 Å². The quantitative estimate of drug-likeness (QED) is 0.258. The fraction of sp³-hybridized carbons (Fsp3) is 0.537. The number of aryl methyl sites for hydroxylation is 1. The van der Waals surface area contributed by atoms with E-state index in [4.69, 9.17) is 16.3 Å². The molecule has 58 heavy (non-hydrogen) atoms. The molecule has 4 aliphatic rings. The third-order valence-corrected chi connectivity index (χ3v) is 11.8. The number of aliphatic hydroxyl groups excluding tert-OH is 1. The highest BCUT2D eigenvalue weighted by atomic mass is 35.5. The van der Waals surface area contributed by atoms with E-state index in [0.29, 0.717) is 42.7 Å². The molecule has 4 heterocycles. The fourth-order valence-electron chi connectivity index (χ4n) is 8.42. The molecule has 17 heteroatoms. The van der Waals surface area contributed by atoms with Crippen molar-refractivity contribution < 1.29 is 43.4 Å². The Morgan fingerprint density at radius 3 is 2.48 bits per heavy atom. The smallest absolute Gasteiger partial charge is 0.319 e. The Morgan fingerprint density at radius 1 is 1.00 bits per heavy atom. The minimum atomic E-state index is -1.49. The number of fused-ring (bicyclic) bond motifs is 3. The number of halogens is 1. The summed E-state index contributed by atoms with van der Waals surface area (Å²) in [6.07, 6.45) is 0.666. The molecule has 8 atom stereocenters. The predicted molar refractivity (Wildman–Crippen MR) is 212 cm³/mol. The summed E-state index contributed by atoms with van der Waals surface area (Å²) in [7, 11) is 0. The van der Waals surface area contributed by atoms with Gasteiger partial charge in [0.25, 0.3) is 0 Å². The van der Waals surface area contributed by atoms with Gasteiger partial charge in [-0.3, -0.25) is 24.0 Å². The molecule has 0 aliphatic carbocycles. The number of nitrogens with one attached hydrogen (secondary N) is 4. The number of urea groups is 1. The van der Waals surface area contributed by atoms with Gasteiger partial charge in [0.05, 0.1) is 18.8 Å². The average molecular weight is 822 g/mol. The molecule has 0 radical (unpaired) electrons. The van der Waals surface area contributed by atoms with Gasteiger partial charge in [-0.1, -0.05) is 41.4 Å². The lowest BCUT2D eigenvalue weighted by atomic mass is 9.97. The van der Waals surface area contributed by atoms with E-state index in [2.05, 4.69) is 21.3 Å². The lowest BCUT2D eigenvalue weighted by molar-refractivity contribution is -0.155. The van der Waals surface area contributed by atoms with E-state index in [1.54, 1.807) is 30.3 Å². The van der Waals surface area contributed by atoms with Crippen LogP contribution in [0.15, 0.2) is 48.5 Å². The molecule has 16 nitrogen and oxygen atoms in total. The molecule has 0 spiro atoms. The fourth-order valence-corrected chi connectivity index (χ4v) is 8.55. The zero-order valence-electron chi connectivity index (χ0n) is 32.9. The summed E-state index contributed by atoms with van der Waals surface area (Å²) in [5, 5.41) is 22.3. The number of amides is 7. The van der Waals surface area contributed by atoms with Crippen LogP contribution in [0.2, 0.25) is 5.02 Å². The van der Waals surface area contributed by atoms with Crippen LogP contribution in [0.1, 0.15) is 63.5 Å². The van der Waals surface area contributed by atoms with Crippen molar-refractivity contribution in [2.75, 3.05) is 31.6 Å². The number of ether oxygens (including phenoxy) is 1. The summed E-state index contributed by atoms with van der Waals surface area (Å²) in [6.45, 7) is 4.84. The molecule has 7 amide bonds. The molecule has 1 unspecified atom stereocenters. The zero-order valence-corrected chi connectivity index (χ0v) is 33.7. The first-order chi connectivity index (χ1) is 27.7. The second-order valence-electron chi connectivity index (χ2n) is 15.8. The number of anilines is 1. The summed E-state index contributed by atoms with van der Waals surface area (Å²) in [6, 6.07) is 7.23. The van der Waals surface area contributed by atoms with Crippen molar-refractivity contribution in [3.8, 4) is 0 Å². The Bertz CT molecular complexity index is 1900. The number of carbonyl (C=O) groups is 7. The molecule has 2 aromatic carbocycles. The van der Waals surface area contributed by atoms with E-state index < -0.39 is 83.5 Å². The number of aliphatic hydroxyl groups is 1. The number of nitrogens with zero attached hydrogens (tertiary/aromatic N) is 3. The van der Waals surface area contributed by atoms with E-state index in [1.165, 1.54) is 28.5 Å². The van der Waals surface area contributed by atoms with Crippen molar-refractivity contribution in [3.05, 3.63) is 64.7 Å². The summed E-state index contributed by atoms with van der Waals surface area (Å²) in [5.74, 6) is -3.05. The highest BCUT2D eigenvalue weighted by Gasteiger charge is 2.50. The van der Waals surface area contributed by atoms with Crippen molar-refractivity contribution >= 4 is 59.1 Å². The maximum Gasteiger partial charge on any atom is 0.319 e. The molecule has 4 aliphatic heterocycles. The zero-order chi connectivity index (χ0) is 41.7. The monoisotopic (exact) mass is 821 g/mol. The number of benzene rings is 2. The molecule has 0 bridgehead atoms. The first-order valence-corrected chi connectivity index (χ1v) is 20.3. The molecular formula is C41H52ClN7O9. The minimum Gasteiger partial charge on any atom is -0.391 e. The van der Waals surface area contributed by atoms with Crippen LogP contribution >= 0.6 is 11.6 Å². The summed E-state index contributed by atoms with van der Waals surface area (Å²) in [4.78, 5) is 101. The molecule has 6 rings (SSSR count). The van der Waals surface area contributed by atoms with E-state index in [-0.39, 0.29) is 45.5 Å². The van der Waals surface area contributed by atoms with Crippen LogP contribution in [0.3, 0.4) is 0 Å². The highest BCUT2D eigenvalue weighted by molar-refractivity contribution is 6.30. The Labute approximate surface area is 342 Å². The molecule has 312 valence electrons. The van der Waals surface area contributed by atoms with Crippen LogP contribution < -0.4 is 21.3 Å². The number of rotatable bonds is 7. The van der Waals surface area contributed by atoms with Gasteiger partial charge in [0.15, 0.2) is 0 Å². The van der Waals surface area contributed by atoms with Crippen molar-refractivity contribution in [1.82, 2.24) is 30.7 Å². The van der Waals surface area contributed by atoms with Gasteiger partial charge in [0.2, 0.25) is 29.5 Å². The van der Waals surface area contributed by atoms with Crippen LogP contribution in [-0.4, -0.2) is 136 Å². The number of hydrogen-bond donors (Lipinski definition) is 5. The maximum absolute atomic E-state index is 14.8. The molecule has 0 aromatic heterocycles. The first-order valence-electron chi connectivity index (χ1n) is 19.9. The van der Waals surface area contributed by atoms with Crippen molar-refractivity contribution in [2.45, 2.75) is 114 Å². The highest BCUT2D eigenvalue weighted by Crippen LogP contribution is 2.31. The SMILES string of the molecule is Cc1cccc(C[C@H](NC(=O)Nc2ccc(Cl)cc2)C(=O)N[C@@H]2C(=O)N3C[C@H](O)C[C@H]3C(=O)N3CCCC[C@H]3C(=O)N[C@@H](C)C(=O)N3CCCC3(C=O)CO[C@H]2C)c1. The summed E-state index contributed by atoms with van der Waals surface area (Å²) >= 11 is 6.01. The molecule has 4 fully saturated rings. The Balaban J connectivity index is 1.35. The standard InChI is InChI=1S/C41H52ClN7O9/c1-24-8-6-9-27(18-24)19-31(45-40(57)44-29-13-11-28(42)12-14-29)35(52)46-34-26(3)58-23-41(22-50)15-7-17-49(41)37(54)25(2)43-36(53)32-10-4-5-16-47(32)38(55)33-20-30(51)21-48(33)39(34)56/h6,8-9,11-14,18,22,25-26,30-34,51H,4-5,7,10,15-17,19-21,23H2,1-3H3,(H,43,53)(H,46,52)(H2,44,45,57)/t25-,26-,30+,31-,32-,33-,34-,41?/m0/s1. The number of aldehydes is 1. The Kier molecular flexibility index (Phi) is 13.4. The van der Waals surface area contributed by atoms with Crippen LogP contribution in [0.4, 0.5) is 10.5 Å². The third kappa shape index (κ3) is 9.45. The van der Waals surface area contributed by atoms with Gasteiger partial charge < -0.3 is 50.6 Å². The first kappa shape index (κ1) is 42.5. The summed E-state index contributed by atoms with van der Waals surface area (Å²) in [5.41, 5.74) is 0.641. The molecular weight excluding hydrogens is 770 g/mol. The van der Waals surface area contributed by atoms with E-state index in [9.17, 15) is 38.7 Å². The van der Waals surface area contributed by atoms with Crippen molar-refractivity contribution in [2.24, 2.45) is 0 Å². The van der Waals surface area contributed by atoms with Crippen LogP contribution in [0, 0.1) is 6.92 Å². The summed E-state index contributed by atoms with van der Waals surface area (Å²) < 4.78 is 6.27. The van der Waals surface area contributed by atoms with Crippen molar-refractivity contribution in [3.63, 3.8) is 0 Å². The van der Waals surface area contributed by atoms with Gasteiger partial charge in [0.1, 0.15) is 42.0 Å². The third-order valence-electron chi connectivity index (χ3n) is 11.6. The Morgan fingerprint density at radius 2 is 1.76 bits per heavy atom. The van der Waals surface area contributed by atoms with Crippen LogP contribution in [0.5, 0.6) is 0 Å². The van der Waals surface area contributed by atoms with Gasteiger partial charge >= 0.3 is 6.03 Å². The van der Waals surface area contributed by atoms with Gasteiger partial charge in [-0.15, -0.1) is 0 Å².